The molecule has 0 spiro atoms. The van der Waals surface area contributed by atoms with E-state index < -0.39 is 11.8 Å². The lowest BCUT2D eigenvalue weighted by Gasteiger charge is -2.36. The van der Waals surface area contributed by atoms with Crippen LogP contribution in [0, 0.1) is 12.7 Å². The second kappa shape index (κ2) is 10.2. The molecule has 35 heavy (non-hydrogen) atoms. The first-order valence-electron chi connectivity index (χ1n) is 11.7. The molecule has 0 atom stereocenters. The summed E-state index contributed by atoms with van der Waals surface area (Å²) in [6.45, 7) is 6.48. The van der Waals surface area contributed by atoms with Gasteiger partial charge in [0, 0.05) is 42.8 Å². The Labute approximate surface area is 203 Å². The van der Waals surface area contributed by atoms with Gasteiger partial charge in [-0.05, 0) is 50.1 Å². The predicted molar refractivity (Wildman–Crippen MR) is 131 cm³/mol. The van der Waals surface area contributed by atoms with Gasteiger partial charge in [0.25, 0.3) is 5.91 Å². The third kappa shape index (κ3) is 5.01. The molecule has 0 bridgehead atoms. The van der Waals surface area contributed by atoms with Gasteiger partial charge in [-0.15, -0.1) is 0 Å². The number of Topliss-reactive ketones (excluding diaryl/α,β-unsaturated/α-hetero) is 1. The minimum atomic E-state index is -0.546. The maximum absolute atomic E-state index is 14.5. The van der Waals surface area contributed by atoms with Gasteiger partial charge >= 0.3 is 5.97 Å². The molecule has 1 aliphatic rings. The summed E-state index contributed by atoms with van der Waals surface area (Å²) >= 11 is 0. The summed E-state index contributed by atoms with van der Waals surface area (Å²) < 4.78 is 19.9. The number of esters is 1. The third-order valence-corrected chi connectivity index (χ3v) is 6.43. The Morgan fingerprint density at radius 2 is 1.77 bits per heavy atom. The van der Waals surface area contributed by atoms with Gasteiger partial charge in [-0.2, -0.15) is 0 Å². The number of ether oxygens (including phenoxy) is 1. The number of piperazine rings is 1. The van der Waals surface area contributed by atoms with E-state index in [9.17, 15) is 18.8 Å². The van der Waals surface area contributed by atoms with Crippen molar-refractivity contribution in [1.82, 2.24) is 9.88 Å². The number of carbonyl (C=O) groups excluding carboxylic acids is 3. The number of fused-ring (bicyclic) bond motifs is 1. The van der Waals surface area contributed by atoms with E-state index in [2.05, 4.69) is 4.98 Å². The molecule has 1 aliphatic heterocycles. The van der Waals surface area contributed by atoms with Crippen LogP contribution in [-0.2, 0) is 16.0 Å². The van der Waals surface area contributed by atoms with Gasteiger partial charge in [0.15, 0.2) is 12.4 Å². The monoisotopic (exact) mass is 477 g/mol. The van der Waals surface area contributed by atoms with Crippen molar-refractivity contribution in [3.05, 3.63) is 70.7 Å². The van der Waals surface area contributed by atoms with Gasteiger partial charge in [0.1, 0.15) is 5.82 Å². The molecule has 8 heteroatoms. The number of pyridine rings is 1. The molecule has 1 fully saturated rings. The molecule has 7 nitrogen and oxygen atoms in total. The van der Waals surface area contributed by atoms with Crippen LogP contribution in [0.25, 0.3) is 10.9 Å². The third-order valence-electron chi connectivity index (χ3n) is 6.43. The van der Waals surface area contributed by atoms with E-state index in [4.69, 9.17) is 4.74 Å². The number of carbonyl (C=O) groups is 3. The van der Waals surface area contributed by atoms with Crippen LogP contribution in [0.15, 0.2) is 42.5 Å². The second-order valence-corrected chi connectivity index (χ2v) is 8.60. The maximum atomic E-state index is 14.5. The van der Waals surface area contributed by atoms with E-state index in [1.54, 1.807) is 17.0 Å². The number of nitrogens with zero attached hydrogens (tertiary/aromatic N) is 3. The molecular weight excluding hydrogens is 449 g/mol. The summed E-state index contributed by atoms with van der Waals surface area (Å²) in [7, 11) is 0. The van der Waals surface area contributed by atoms with Crippen LogP contribution in [0.4, 0.5) is 10.1 Å². The predicted octanol–water partition coefficient (Wildman–Crippen LogP) is 3.95. The zero-order chi connectivity index (χ0) is 25.1. The molecule has 0 unspecified atom stereocenters. The lowest BCUT2D eigenvalue weighted by Crippen LogP contribution is -2.50. The lowest BCUT2D eigenvalue weighted by atomic mass is 10.0. The summed E-state index contributed by atoms with van der Waals surface area (Å²) in [5, 5.41) is 0.700. The first-order chi connectivity index (χ1) is 16.8. The molecule has 0 saturated carbocycles. The molecule has 0 radical (unpaired) electrons. The highest BCUT2D eigenvalue weighted by Crippen LogP contribution is 2.25. The number of hydrogen-bond acceptors (Lipinski definition) is 6. The van der Waals surface area contributed by atoms with Crippen LogP contribution in [0.2, 0.25) is 0 Å². The largest absolute Gasteiger partial charge is 0.452 e. The van der Waals surface area contributed by atoms with Crippen LogP contribution in [0.5, 0.6) is 0 Å². The quantitative estimate of drug-likeness (QED) is 0.395. The molecule has 4 rings (SSSR count). The van der Waals surface area contributed by atoms with Crippen molar-refractivity contribution in [2.75, 3.05) is 37.7 Å². The fraction of sp³-hybridized carbons (Fsp3) is 0.333. The van der Waals surface area contributed by atoms with Gasteiger partial charge in [0.05, 0.1) is 16.8 Å². The molecule has 1 amide bonds. The number of aryl methyl sites for hydroxylation is 1. The number of aromatic nitrogens is 1. The Morgan fingerprint density at radius 3 is 2.43 bits per heavy atom. The number of hydrogen-bond donors (Lipinski definition) is 0. The summed E-state index contributed by atoms with van der Waals surface area (Å²) in [5.74, 6) is -1.49. The van der Waals surface area contributed by atoms with E-state index in [-0.39, 0.29) is 18.3 Å². The minimum Gasteiger partial charge on any atom is -0.452 e. The lowest BCUT2D eigenvalue weighted by molar-refractivity contribution is -0.134. The molecule has 182 valence electrons. The Balaban J connectivity index is 1.39. The van der Waals surface area contributed by atoms with Crippen molar-refractivity contribution in [2.45, 2.75) is 27.2 Å². The Bertz CT molecular complexity index is 1300. The normalized spacial score (nSPS) is 13.7. The van der Waals surface area contributed by atoms with Crippen LogP contribution in [-0.4, -0.2) is 60.3 Å². The highest BCUT2D eigenvalue weighted by molar-refractivity contribution is 6.05. The molecule has 1 saturated heterocycles. The number of rotatable bonds is 6. The second-order valence-electron chi connectivity index (χ2n) is 8.60. The molecule has 2 aromatic carbocycles. The van der Waals surface area contributed by atoms with Crippen molar-refractivity contribution < 1.29 is 23.5 Å². The van der Waals surface area contributed by atoms with Gasteiger partial charge in [-0.25, -0.2) is 9.18 Å². The Hall–Kier alpha value is -3.81. The van der Waals surface area contributed by atoms with E-state index in [1.807, 2.05) is 43.0 Å². The van der Waals surface area contributed by atoms with E-state index in [0.717, 1.165) is 11.3 Å². The number of benzene rings is 2. The molecule has 0 N–H and O–H groups in total. The van der Waals surface area contributed by atoms with Gasteiger partial charge < -0.3 is 14.5 Å². The SMILES string of the molecule is CCc1nc2ccccc2c(C(=O)OCC(=O)N2CCN(c3ccc(C(C)=O)cc3F)CC2)c1C. The van der Waals surface area contributed by atoms with Crippen molar-refractivity contribution in [2.24, 2.45) is 0 Å². The molecular formula is C27H28FN3O4. The summed E-state index contributed by atoms with van der Waals surface area (Å²) in [5.41, 5.74) is 3.46. The molecule has 3 aromatic rings. The topological polar surface area (TPSA) is 79.8 Å². The highest BCUT2D eigenvalue weighted by Gasteiger charge is 2.25. The average Bonchev–Trinajstić information content (AvgIpc) is 2.86. The molecule has 2 heterocycles. The summed E-state index contributed by atoms with van der Waals surface area (Å²) in [6.07, 6.45) is 0.679. The van der Waals surface area contributed by atoms with Gasteiger partial charge in [-0.3, -0.25) is 14.6 Å². The standard InChI is InChI=1S/C27H28FN3O4/c1-4-22-17(2)26(20-7-5-6-8-23(20)29-22)27(34)35-16-25(33)31-13-11-30(12-14-31)24-10-9-19(18(3)32)15-21(24)28/h5-10,15H,4,11-14,16H2,1-3H3. The number of halogens is 1. The first-order valence-corrected chi connectivity index (χ1v) is 11.7. The zero-order valence-corrected chi connectivity index (χ0v) is 20.1. The van der Waals surface area contributed by atoms with Crippen molar-refractivity contribution in [1.29, 1.82) is 0 Å². The number of anilines is 1. The zero-order valence-electron chi connectivity index (χ0n) is 20.1. The number of amides is 1. The van der Waals surface area contributed by atoms with E-state index in [1.165, 1.54) is 13.0 Å². The Kier molecular flexibility index (Phi) is 7.10. The van der Waals surface area contributed by atoms with Gasteiger partial charge in [-0.1, -0.05) is 25.1 Å². The highest BCUT2D eigenvalue weighted by atomic mass is 19.1. The van der Waals surface area contributed by atoms with E-state index >= 15 is 0 Å². The molecule has 0 aliphatic carbocycles. The van der Waals surface area contributed by atoms with E-state index in [0.29, 0.717) is 60.3 Å². The first kappa shape index (κ1) is 24.3. The Morgan fingerprint density at radius 1 is 1.06 bits per heavy atom. The summed E-state index contributed by atoms with van der Waals surface area (Å²) in [4.78, 5) is 45.3. The van der Waals surface area contributed by atoms with Crippen molar-refractivity contribution >= 4 is 34.3 Å². The van der Waals surface area contributed by atoms with Crippen LogP contribution in [0.1, 0.15) is 45.8 Å². The van der Waals surface area contributed by atoms with Gasteiger partial charge in [0.2, 0.25) is 0 Å². The molecule has 1 aromatic heterocycles. The number of ketones is 1. The maximum Gasteiger partial charge on any atom is 0.339 e. The van der Waals surface area contributed by atoms with Crippen LogP contribution in [0.3, 0.4) is 0 Å². The smallest absolute Gasteiger partial charge is 0.339 e. The van der Waals surface area contributed by atoms with Crippen molar-refractivity contribution in [3.8, 4) is 0 Å². The van der Waals surface area contributed by atoms with Crippen LogP contribution >= 0.6 is 0 Å². The number of para-hydroxylation sites is 1. The fourth-order valence-electron chi connectivity index (χ4n) is 4.44. The average molecular weight is 478 g/mol. The van der Waals surface area contributed by atoms with Crippen molar-refractivity contribution in [3.63, 3.8) is 0 Å². The summed E-state index contributed by atoms with van der Waals surface area (Å²) in [6, 6.07) is 11.8. The minimum absolute atomic E-state index is 0.193. The van der Waals surface area contributed by atoms with Crippen LogP contribution < -0.4 is 4.90 Å². The fourth-order valence-corrected chi connectivity index (χ4v) is 4.44.